The number of thiophene rings is 1. The molecule has 2 heterocycles. The normalized spacial score (nSPS) is 22.0. The van der Waals surface area contributed by atoms with Crippen molar-refractivity contribution >= 4 is 23.3 Å². The summed E-state index contributed by atoms with van der Waals surface area (Å²) in [6.07, 6.45) is 1.19. The van der Waals surface area contributed by atoms with Crippen LogP contribution < -0.4 is 5.32 Å². The summed E-state index contributed by atoms with van der Waals surface area (Å²) in [5.41, 5.74) is -2.16. The summed E-state index contributed by atoms with van der Waals surface area (Å²) < 4.78 is 5.51. The molecule has 1 fully saturated rings. The lowest BCUT2D eigenvalue weighted by Crippen LogP contribution is -2.60. The van der Waals surface area contributed by atoms with E-state index in [1.54, 1.807) is 6.92 Å². The molecule has 0 bridgehead atoms. The third-order valence-corrected chi connectivity index (χ3v) is 5.93. The molecule has 1 aliphatic heterocycles. The van der Waals surface area contributed by atoms with Crippen molar-refractivity contribution < 1.29 is 19.4 Å². The van der Waals surface area contributed by atoms with E-state index in [1.165, 1.54) is 16.2 Å². The first kappa shape index (κ1) is 21.7. The molecule has 7 heteroatoms. The molecule has 1 saturated heterocycles. The number of hydrogen-bond donors (Lipinski definition) is 2. The predicted octanol–water partition coefficient (Wildman–Crippen LogP) is 3.50. The molecule has 6 nitrogen and oxygen atoms in total. The first-order chi connectivity index (χ1) is 12.3. The zero-order valence-electron chi connectivity index (χ0n) is 17.2. The van der Waals surface area contributed by atoms with Gasteiger partial charge in [0.2, 0.25) is 5.91 Å². The average molecular weight is 397 g/mol. The lowest BCUT2D eigenvalue weighted by Gasteiger charge is -2.45. The molecule has 0 aromatic carbocycles. The fourth-order valence-electron chi connectivity index (χ4n) is 3.43. The lowest BCUT2D eigenvalue weighted by molar-refractivity contribution is -0.134. The quantitative estimate of drug-likeness (QED) is 0.816. The standard InChI is InChI=1S/C20H32N2O4S/c1-18(2,3)26-17(24)22-11-8-10-19(4,5)15(22)16(23)21-13-20(6,25)14-9-7-12-27-14/h7,9,12,15,25H,8,10-11,13H2,1-6H3,(H,21,23). The van der Waals surface area contributed by atoms with Gasteiger partial charge in [0, 0.05) is 11.4 Å². The van der Waals surface area contributed by atoms with Gasteiger partial charge in [0.25, 0.3) is 0 Å². The fourth-order valence-corrected chi connectivity index (χ4v) is 4.22. The highest BCUT2D eigenvalue weighted by Crippen LogP contribution is 2.36. The van der Waals surface area contributed by atoms with E-state index in [0.29, 0.717) is 6.54 Å². The van der Waals surface area contributed by atoms with Gasteiger partial charge < -0.3 is 15.2 Å². The highest BCUT2D eigenvalue weighted by Gasteiger charge is 2.46. The van der Waals surface area contributed by atoms with Crippen molar-refractivity contribution in [3.05, 3.63) is 22.4 Å². The first-order valence-corrected chi connectivity index (χ1v) is 10.3. The number of aliphatic hydroxyl groups is 1. The van der Waals surface area contributed by atoms with Crippen LogP contribution in [0.3, 0.4) is 0 Å². The Balaban J connectivity index is 2.14. The van der Waals surface area contributed by atoms with Crippen LogP contribution in [0.2, 0.25) is 0 Å². The number of nitrogens with one attached hydrogen (secondary N) is 1. The van der Waals surface area contributed by atoms with E-state index in [0.717, 1.165) is 17.7 Å². The van der Waals surface area contributed by atoms with Gasteiger partial charge >= 0.3 is 6.09 Å². The number of carbonyl (C=O) groups excluding carboxylic acids is 2. The van der Waals surface area contributed by atoms with E-state index in [1.807, 2.05) is 52.1 Å². The molecular weight excluding hydrogens is 364 g/mol. The number of amides is 2. The van der Waals surface area contributed by atoms with Crippen molar-refractivity contribution in [2.24, 2.45) is 5.41 Å². The second kappa shape index (κ2) is 7.80. The zero-order chi connectivity index (χ0) is 20.5. The molecule has 1 aromatic rings. The molecule has 0 saturated carbocycles. The van der Waals surface area contributed by atoms with E-state index >= 15 is 0 Å². The summed E-state index contributed by atoms with van der Waals surface area (Å²) in [7, 11) is 0. The molecule has 0 spiro atoms. The van der Waals surface area contributed by atoms with Gasteiger partial charge in [-0.1, -0.05) is 19.9 Å². The first-order valence-electron chi connectivity index (χ1n) is 9.37. The molecular formula is C20H32N2O4S. The lowest BCUT2D eigenvalue weighted by atomic mass is 9.76. The van der Waals surface area contributed by atoms with Gasteiger partial charge in [-0.15, -0.1) is 11.3 Å². The van der Waals surface area contributed by atoms with Gasteiger partial charge in [-0.2, -0.15) is 0 Å². The molecule has 2 unspecified atom stereocenters. The van der Waals surface area contributed by atoms with Crippen molar-refractivity contribution in [2.75, 3.05) is 13.1 Å². The van der Waals surface area contributed by atoms with Crippen LogP contribution in [0.5, 0.6) is 0 Å². The average Bonchev–Trinajstić information content (AvgIpc) is 3.05. The number of likely N-dealkylation sites (tertiary alicyclic amines) is 1. The number of hydrogen-bond acceptors (Lipinski definition) is 5. The van der Waals surface area contributed by atoms with Crippen LogP contribution in [0.1, 0.15) is 59.3 Å². The minimum absolute atomic E-state index is 0.0844. The number of ether oxygens (including phenoxy) is 1. The Kier molecular flexibility index (Phi) is 6.26. The number of carbonyl (C=O) groups is 2. The van der Waals surface area contributed by atoms with Crippen LogP contribution in [0, 0.1) is 5.41 Å². The van der Waals surface area contributed by atoms with Gasteiger partial charge in [-0.3, -0.25) is 9.69 Å². The Morgan fingerprint density at radius 1 is 1.37 bits per heavy atom. The van der Waals surface area contributed by atoms with Gasteiger partial charge in [0.1, 0.15) is 17.2 Å². The van der Waals surface area contributed by atoms with Gasteiger partial charge in [0.05, 0.1) is 6.54 Å². The van der Waals surface area contributed by atoms with Crippen LogP contribution in [0.15, 0.2) is 17.5 Å². The predicted molar refractivity (Wildman–Crippen MR) is 107 cm³/mol. The summed E-state index contributed by atoms with van der Waals surface area (Å²) in [6, 6.07) is 3.07. The minimum Gasteiger partial charge on any atom is -0.444 e. The smallest absolute Gasteiger partial charge is 0.410 e. The molecule has 1 aliphatic rings. The maximum Gasteiger partial charge on any atom is 0.410 e. The molecule has 27 heavy (non-hydrogen) atoms. The van der Waals surface area contributed by atoms with Crippen LogP contribution in [-0.4, -0.2) is 46.7 Å². The maximum atomic E-state index is 13.0. The van der Waals surface area contributed by atoms with Crippen molar-refractivity contribution in [1.29, 1.82) is 0 Å². The van der Waals surface area contributed by atoms with E-state index in [-0.39, 0.29) is 17.9 Å². The van der Waals surface area contributed by atoms with Gasteiger partial charge in [0.15, 0.2) is 0 Å². The minimum atomic E-state index is -1.15. The highest BCUT2D eigenvalue weighted by atomic mass is 32.1. The SMILES string of the molecule is CC(C)(C)OC(=O)N1CCCC(C)(C)C1C(=O)NCC(C)(O)c1cccs1. The third kappa shape index (κ3) is 5.45. The molecule has 2 rings (SSSR count). The van der Waals surface area contributed by atoms with Crippen LogP contribution in [0.25, 0.3) is 0 Å². The Labute approximate surface area is 165 Å². The second-order valence-corrected chi connectivity index (χ2v) is 10.1. The van der Waals surface area contributed by atoms with Gasteiger partial charge in [-0.25, -0.2) is 4.79 Å². The molecule has 1 aromatic heterocycles. The molecule has 2 N–H and O–H groups in total. The molecule has 0 aliphatic carbocycles. The topological polar surface area (TPSA) is 78.9 Å². The Hall–Kier alpha value is -1.60. The van der Waals surface area contributed by atoms with E-state index in [2.05, 4.69) is 5.32 Å². The van der Waals surface area contributed by atoms with E-state index in [9.17, 15) is 14.7 Å². The number of piperidine rings is 1. The van der Waals surface area contributed by atoms with Crippen molar-refractivity contribution in [2.45, 2.75) is 71.6 Å². The Morgan fingerprint density at radius 2 is 2.04 bits per heavy atom. The number of nitrogens with zero attached hydrogens (tertiary/aromatic N) is 1. The summed E-state index contributed by atoms with van der Waals surface area (Å²) >= 11 is 1.44. The Morgan fingerprint density at radius 3 is 2.59 bits per heavy atom. The number of rotatable bonds is 4. The van der Waals surface area contributed by atoms with E-state index < -0.39 is 23.3 Å². The Bertz CT molecular complexity index is 662. The largest absolute Gasteiger partial charge is 0.444 e. The summed E-state index contributed by atoms with van der Waals surface area (Å²) in [6.45, 7) is 11.7. The highest BCUT2D eigenvalue weighted by molar-refractivity contribution is 7.10. The molecule has 0 radical (unpaired) electrons. The molecule has 2 amide bonds. The zero-order valence-corrected chi connectivity index (χ0v) is 18.0. The van der Waals surface area contributed by atoms with Crippen molar-refractivity contribution in [1.82, 2.24) is 10.2 Å². The summed E-state index contributed by atoms with van der Waals surface area (Å²) in [4.78, 5) is 28.0. The summed E-state index contributed by atoms with van der Waals surface area (Å²) in [5, 5.41) is 15.4. The molecule has 152 valence electrons. The van der Waals surface area contributed by atoms with Crippen molar-refractivity contribution in [3.8, 4) is 0 Å². The monoisotopic (exact) mass is 396 g/mol. The van der Waals surface area contributed by atoms with Crippen molar-refractivity contribution in [3.63, 3.8) is 0 Å². The third-order valence-electron chi connectivity index (χ3n) is 4.81. The molecule has 2 atom stereocenters. The van der Waals surface area contributed by atoms with Crippen LogP contribution in [-0.2, 0) is 15.1 Å². The summed E-state index contributed by atoms with van der Waals surface area (Å²) in [5.74, 6) is -0.262. The second-order valence-electron chi connectivity index (χ2n) is 9.14. The van der Waals surface area contributed by atoms with E-state index in [4.69, 9.17) is 4.74 Å². The maximum absolute atomic E-state index is 13.0. The fraction of sp³-hybridized carbons (Fsp3) is 0.700. The van der Waals surface area contributed by atoms with Crippen LogP contribution >= 0.6 is 11.3 Å². The van der Waals surface area contributed by atoms with Crippen LogP contribution in [0.4, 0.5) is 4.79 Å². The van der Waals surface area contributed by atoms with Gasteiger partial charge in [-0.05, 0) is 57.4 Å².